The monoisotopic (exact) mass is 237 g/mol. The largest absolute Gasteiger partial charge is 0.321 e. The maximum atomic E-state index is 11.9. The highest BCUT2D eigenvalue weighted by atomic mass is 16.1. The van der Waals surface area contributed by atoms with Gasteiger partial charge >= 0.3 is 0 Å². The predicted molar refractivity (Wildman–Crippen MR) is 68.1 cm³/mol. The SMILES string of the molecule is Cc1ccnc(C(=O)Nc2cccc(C#N)c2)c1. The number of benzene rings is 1. The molecule has 0 atom stereocenters. The molecule has 1 heterocycles. The summed E-state index contributed by atoms with van der Waals surface area (Å²) in [4.78, 5) is 15.9. The molecule has 2 rings (SSSR count). The molecule has 1 aromatic heterocycles. The zero-order valence-corrected chi connectivity index (χ0v) is 9.84. The molecule has 0 radical (unpaired) electrons. The summed E-state index contributed by atoms with van der Waals surface area (Å²) in [6, 6.07) is 12.3. The van der Waals surface area contributed by atoms with E-state index in [-0.39, 0.29) is 5.91 Å². The summed E-state index contributed by atoms with van der Waals surface area (Å²) in [5.74, 6) is -0.284. The Kier molecular flexibility index (Phi) is 3.35. The Balaban J connectivity index is 2.19. The van der Waals surface area contributed by atoms with Crippen LogP contribution in [0.2, 0.25) is 0 Å². The molecule has 0 bridgehead atoms. The molecule has 4 heteroatoms. The number of nitrogens with one attached hydrogen (secondary N) is 1. The van der Waals surface area contributed by atoms with Crippen LogP contribution in [0.25, 0.3) is 0 Å². The van der Waals surface area contributed by atoms with E-state index in [1.165, 1.54) is 0 Å². The first-order valence-electron chi connectivity index (χ1n) is 5.43. The zero-order chi connectivity index (χ0) is 13.0. The van der Waals surface area contributed by atoms with Gasteiger partial charge in [-0.05, 0) is 42.8 Å². The summed E-state index contributed by atoms with van der Waals surface area (Å²) in [6.07, 6.45) is 1.59. The third-order valence-corrected chi connectivity index (χ3v) is 2.40. The summed E-state index contributed by atoms with van der Waals surface area (Å²) >= 11 is 0. The summed E-state index contributed by atoms with van der Waals surface area (Å²) in [5, 5.41) is 11.5. The van der Waals surface area contributed by atoms with E-state index < -0.39 is 0 Å². The van der Waals surface area contributed by atoms with Crippen molar-refractivity contribution in [3.63, 3.8) is 0 Å². The van der Waals surface area contributed by atoms with Crippen LogP contribution in [-0.2, 0) is 0 Å². The molecule has 2 aromatic rings. The van der Waals surface area contributed by atoms with E-state index in [0.717, 1.165) is 5.56 Å². The lowest BCUT2D eigenvalue weighted by Gasteiger charge is -2.05. The number of aromatic nitrogens is 1. The van der Waals surface area contributed by atoms with Crippen LogP contribution in [-0.4, -0.2) is 10.9 Å². The minimum atomic E-state index is -0.284. The van der Waals surface area contributed by atoms with Gasteiger partial charge in [-0.25, -0.2) is 0 Å². The number of amides is 1. The first kappa shape index (κ1) is 11.8. The molecule has 0 unspecified atom stereocenters. The van der Waals surface area contributed by atoms with Crippen LogP contribution in [0.15, 0.2) is 42.6 Å². The number of nitriles is 1. The second-order valence-electron chi connectivity index (χ2n) is 3.87. The van der Waals surface area contributed by atoms with Crippen LogP contribution in [0.5, 0.6) is 0 Å². The molecule has 1 N–H and O–H groups in total. The van der Waals surface area contributed by atoms with Gasteiger partial charge in [-0.3, -0.25) is 9.78 Å². The smallest absolute Gasteiger partial charge is 0.274 e. The average Bonchev–Trinajstić information content (AvgIpc) is 2.39. The number of carbonyl (C=O) groups excluding carboxylic acids is 1. The first-order valence-corrected chi connectivity index (χ1v) is 5.43. The lowest BCUT2D eigenvalue weighted by Crippen LogP contribution is -2.13. The molecule has 0 saturated carbocycles. The molecular formula is C14H11N3O. The normalized spacial score (nSPS) is 9.56. The third kappa shape index (κ3) is 2.71. The zero-order valence-electron chi connectivity index (χ0n) is 9.84. The Bertz CT molecular complexity index is 629. The van der Waals surface area contributed by atoms with Crippen LogP contribution < -0.4 is 5.32 Å². The topological polar surface area (TPSA) is 65.8 Å². The van der Waals surface area contributed by atoms with Gasteiger partial charge in [0.1, 0.15) is 5.69 Å². The third-order valence-electron chi connectivity index (χ3n) is 2.40. The van der Waals surface area contributed by atoms with E-state index >= 15 is 0 Å². The molecule has 0 fully saturated rings. The Labute approximate surface area is 105 Å². The maximum absolute atomic E-state index is 11.9. The number of rotatable bonds is 2. The molecule has 88 valence electrons. The summed E-state index contributed by atoms with van der Waals surface area (Å²) in [5.41, 5.74) is 2.42. The number of hydrogen-bond donors (Lipinski definition) is 1. The van der Waals surface area contributed by atoms with Crippen molar-refractivity contribution < 1.29 is 4.79 Å². The molecule has 1 amide bonds. The number of aryl methyl sites for hydroxylation is 1. The minimum absolute atomic E-state index is 0.284. The molecule has 0 spiro atoms. The molecule has 0 aliphatic carbocycles. The van der Waals surface area contributed by atoms with E-state index in [0.29, 0.717) is 16.9 Å². The van der Waals surface area contributed by atoms with Crippen molar-refractivity contribution in [2.24, 2.45) is 0 Å². The molecule has 0 aliphatic heterocycles. The number of carbonyl (C=O) groups is 1. The van der Waals surface area contributed by atoms with Crippen LogP contribution in [0, 0.1) is 18.3 Å². The Hall–Kier alpha value is -2.67. The average molecular weight is 237 g/mol. The molecular weight excluding hydrogens is 226 g/mol. The second-order valence-corrected chi connectivity index (χ2v) is 3.87. The number of hydrogen-bond acceptors (Lipinski definition) is 3. The predicted octanol–water partition coefficient (Wildman–Crippen LogP) is 2.51. The number of nitrogens with zero attached hydrogens (tertiary/aromatic N) is 2. The summed E-state index contributed by atoms with van der Waals surface area (Å²) in [7, 11) is 0. The van der Waals surface area contributed by atoms with Crippen molar-refractivity contribution in [2.75, 3.05) is 5.32 Å². The Morgan fingerprint density at radius 2 is 2.17 bits per heavy atom. The molecule has 1 aromatic carbocycles. The van der Waals surface area contributed by atoms with Gasteiger partial charge in [0, 0.05) is 11.9 Å². The van der Waals surface area contributed by atoms with Crippen LogP contribution >= 0.6 is 0 Å². The fourth-order valence-corrected chi connectivity index (χ4v) is 1.52. The lowest BCUT2D eigenvalue weighted by atomic mass is 10.2. The fourth-order valence-electron chi connectivity index (χ4n) is 1.52. The van der Waals surface area contributed by atoms with Gasteiger partial charge in [0.05, 0.1) is 11.6 Å². The second kappa shape index (κ2) is 5.11. The van der Waals surface area contributed by atoms with Gasteiger partial charge < -0.3 is 5.32 Å². The number of pyridine rings is 1. The Morgan fingerprint density at radius 1 is 1.33 bits per heavy atom. The van der Waals surface area contributed by atoms with E-state index in [1.54, 1.807) is 36.5 Å². The maximum Gasteiger partial charge on any atom is 0.274 e. The quantitative estimate of drug-likeness (QED) is 0.872. The number of anilines is 1. The standard InChI is InChI=1S/C14H11N3O/c1-10-5-6-16-13(7-10)14(18)17-12-4-2-3-11(8-12)9-15/h2-8H,1H3,(H,17,18). The molecule has 0 saturated heterocycles. The van der Waals surface area contributed by atoms with Gasteiger partial charge in [0.25, 0.3) is 5.91 Å². The highest BCUT2D eigenvalue weighted by Gasteiger charge is 2.07. The van der Waals surface area contributed by atoms with E-state index in [1.807, 2.05) is 19.1 Å². The van der Waals surface area contributed by atoms with Crippen molar-refractivity contribution in [3.8, 4) is 6.07 Å². The van der Waals surface area contributed by atoms with Gasteiger partial charge in [0.2, 0.25) is 0 Å². The molecule has 18 heavy (non-hydrogen) atoms. The van der Waals surface area contributed by atoms with Crippen molar-refractivity contribution in [3.05, 3.63) is 59.4 Å². The van der Waals surface area contributed by atoms with Gasteiger partial charge in [-0.1, -0.05) is 6.07 Å². The van der Waals surface area contributed by atoms with Crippen LogP contribution in [0.3, 0.4) is 0 Å². The van der Waals surface area contributed by atoms with Gasteiger partial charge in [-0.15, -0.1) is 0 Å². The summed E-state index contributed by atoms with van der Waals surface area (Å²) < 4.78 is 0. The van der Waals surface area contributed by atoms with Crippen molar-refractivity contribution in [1.29, 1.82) is 5.26 Å². The van der Waals surface area contributed by atoms with Crippen LogP contribution in [0.4, 0.5) is 5.69 Å². The first-order chi connectivity index (χ1) is 8.69. The highest BCUT2D eigenvalue weighted by molar-refractivity contribution is 6.02. The highest BCUT2D eigenvalue weighted by Crippen LogP contribution is 2.11. The lowest BCUT2D eigenvalue weighted by molar-refractivity contribution is 0.102. The van der Waals surface area contributed by atoms with Crippen molar-refractivity contribution in [2.45, 2.75) is 6.92 Å². The van der Waals surface area contributed by atoms with Crippen molar-refractivity contribution >= 4 is 11.6 Å². The molecule has 0 aliphatic rings. The Morgan fingerprint density at radius 3 is 2.89 bits per heavy atom. The fraction of sp³-hybridized carbons (Fsp3) is 0.0714. The van der Waals surface area contributed by atoms with Crippen molar-refractivity contribution in [1.82, 2.24) is 4.98 Å². The van der Waals surface area contributed by atoms with Gasteiger partial charge in [-0.2, -0.15) is 5.26 Å². The molecule has 4 nitrogen and oxygen atoms in total. The van der Waals surface area contributed by atoms with E-state index in [2.05, 4.69) is 10.3 Å². The van der Waals surface area contributed by atoms with E-state index in [9.17, 15) is 4.79 Å². The summed E-state index contributed by atoms with van der Waals surface area (Å²) in [6.45, 7) is 1.90. The van der Waals surface area contributed by atoms with E-state index in [4.69, 9.17) is 5.26 Å². The minimum Gasteiger partial charge on any atom is -0.321 e. The van der Waals surface area contributed by atoms with Crippen LogP contribution in [0.1, 0.15) is 21.6 Å². The van der Waals surface area contributed by atoms with Gasteiger partial charge in [0.15, 0.2) is 0 Å².